The van der Waals surface area contributed by atoms with Gasteiger partial charge in [0.2, 0.25) is 0 Å². The van der Waals surface area contributed by atoms with E-state index in [2.05, 4.69) is 0 Å². The molecule has 11 heavy (non-hydrogen) atoms. The monoisotopic (exact) mass is 194 g/mol. The Morgan fingerprint density at radius 2 is 1.00 bits per heavy atom. The van der Waals surface area contributed by atoms with Crippen LogP contribution in [-0.2, 0) is 0 Å². The zero-order valence-electron chi connectivity index (χ0n) is 7.92. The maximum atomic E-state index is 8.93. The van der Waals surface area contributed by atoms with Crippen molar-refractivity contribution in [3.8, 4) is 0 Å². The first-order valence-electron chi connectivity index (χ1n) is 3.04. The van der Waals surface area contributed by atoms with Crippen LogP contribution in [0, 0.1) is 0 Å². The molecule has 0 aliphatic heterocycles. The van der Waals surface area contributed by atoms with Crippen molar-refractivity contribution in [3.05, 3.63) is 0 Å². The topological polar surface area (TPSA) is 63.5 Å². The molecule has 0 aliphatic rings. The predicted molar refractivity (Wildman–Crippen MR) is 46.4 cm³/mol. The minimum Gasteiger partial charge on any atom is -0.855 e. The molecule has 3 nitrogen and oxygen atoms in total. The van der Waals surface area contributed by atoms with E-state index in [0.717, 1.165) is 0 Å². The van der Waals surface area contributed by atoms with Gasteiger partial charge in [0.25, 0.3) is 0 Å². The van der Waals surface area contributed by atoms with Crippen LogP contribution in [0.5, 0.6) is 0 Å². The summed E-state index contributed by atoms with van der Waals surface area (Å²) in [5.74, 6) is 0. The molecule has 0 amide bonds. The van der Waals surface area contributed by atoms with Crippen molar-refractivity contribution in [3.63, 3.8) is 0 Å². The second-order valence-electron chi connectivity index (χ2n) is 0.921. The van der Waals surface area contributed by atoms with Crippen LogP contribution >= 0.6 is 13.5 Å². The molecule has 0 atom stereocenters. The second-order valence-corrected chi connectivity index (χ2v) is 0.921. The van der Waals surface area contributed by atoms with Gasteiger partial charge >= 0.3 is 29.6 Å². The van der Waals surface area contributed by atoms with Crippen LogP contribution < -0.4 is 34.7 Å². The molecule has 0 aliphatic carbocycles. The Morgan fingerprint density at radius 3 is 1.00 bits per heavy atom. The van der Waals surface area contributed by atoms with Crippen LogP contribution in [-0.4, -0.2) is 30.0 Å². The quantitative estimate of drug-likeness (QED) is 0.393. The van der Waals surface area contributed by atoms with E-state index in [1.807, 2.05) is 0 Å². The first-order chi connectivity index (χ1) is 4.24. The number of rotatable bonds is 0. The third-order valence-electron chi connectivity index (χ3n) is 0. The fraction of sp³-hybridized carbons (Fsp3) is 1.00. The minimum atomic E-state index is 0. The van der Waals surface area contributed by atoms with E-state index in [0.29, 0.717) is 0 Å². The number of hydrogen-bond donors (Lipinski definition) is 2. The van der Waals surface area contributed by atoms with Gasteiger partial charge in [0.05, 0.1) is 0 Å². The van der Waals surface area contributed by atoms with Gasteiger partial charge in [-0.3, -0.25) is 0 Å². The second kappa shape index (κ2) is 65.7. The van der Waals surface area contributed by atoms with Crippen molar-refractivity contribution in [1.29, 1.82) is 0 Å². The molecule has 0 radical (unpaired) electrons. The standard InChI is InChI=1S/2C2H6O.C2H5O.Na.H2S/c3*1-2-3;;/h2*3H,2H2,1H3;2H2,1H3;;1H2/q;;-1;+1;. The van der Waals surface area contributed by atoms with Crippen molar-refractivity contribution >= 4 is 13.5 Å². The average molecular weight is 194 g/mol. The Hall–Kier alpha value is 1.23. The van der Waals surface area contributed by atoms with Crippen molar-refractivity contribution in [2.24, 2.45) is 0 Å². The van der Waals surface area contributed by atoms with E-state index in [1.54, 1.807) is 20.8 Å². The molecule has 5 heteroatoms. The average Bonchev–Trinajstić information content (AvgIpc) is 1.70. The molecule has 0 unspecified atom stereocenters. The van der Waals surface area contributed by atoms with Gasteiger partial charge in [-0.1, -0.05) is 6.92 Å². The Balaban J connectivity index is -0.0000000150. The first-order valence-corrected chi connectivity index (χ1v) is 3.04. The van der Waals surface area contributed by atoms with E-state index in [9.17, 15) is 0 Å². The van der Waals surface area contributed by atoms with Crippen molar-refractivity contribution in [1.82, 2.24) is 0 Å². The number of aliphatic hydroxyl groups is 2. The summed E-state index contributed by atoms with van der Waals surface area (Å²) in [5.41, 5.74) is 0. The summed E-state index contributed by atoms with van der Waals surface area (Å²) < 4.78 is 0. The van der Waals surface area contributed by atoms with Crippen LogP contribution in [0.3, 0.4) is 0 Å². The van der Waals surface area contributed by atoms with Crippen LogP contribution in [0.15, 0.2) is 0 Å². The van der Waals surface area contributed by atoms with Crippen LogP contribution in [0.25, 0.3) is 0 Å². The van der Waals surface area contributed by atoms with Gasteiger partial charge in [0.15, 0.2) is 0 Å². The summed E-state index contributed by atoms with van der Waals surface area (Å²) in [6.07, 6.45) is 0. The minimum absolute atomic E-state index is 0. The molecule has 0 bridgehead atoms. The SMILES string of the molecule is CCO.CCO.CC[O-].S.[Na+]. The predicted octanol–water partition coefficient (Wildman–Crippen LogP) is -3.52. The summed E-state index contributed by atoms with van der Waals surface area (Å²) >= 11 is 0. The molecular formula is C6H19NaO3S. The molecule has 0 spiro atoms. The molecule has 0 fully saturated rings. The number of hydrogen-bond acceptors (Lipinski definition) is 3. The van der Waals surface area contributed by atoms with Gasteiger partial charge < -0.3 is 15.3 Å². The maximum absolute atomic E-state index is 8.93. The van der Waals surface area contributed by atoms with Crippen molar-refractivity contribution in [2.75, 3.05) is 19.8 Å². The smallest absolute Gasteiger partial charge is 0.855 e. The van der Waals surface area contributed by atoms with Gasteiger partial charge in [-0.2, -0.15) is 13.5 Å². The van der Waals surface area contributed by atoms with E-state index >= 15 is 0 Å². The fourth-order valence-corrected chi connectivity index (χ4v) is 0. The maximum Gasteiger partial charge on any atom is 1.00 e. The molecule has 68 valence electrons. The Kier molecular flexibility index (Phi) is 176. The molecule has 0 heterocycles. The molecule has 0 rings (SSSR count). The molecule has 0 aromatic rings. The van der Waals surface area contributed by atoms with E-state index < -0.39 is 0 Å². The van der Waals surface area contributed by atoms with Crippen molar-refractivity contribution < 1.29 is 44.9 Å². The zero-order chi connectivity index (χ0) is 8.12. The third-order valence-corrected chi connectivity index (χ3v) is 0. The Bertz CT molecular complexity index is 22.5. The zero-order valence-corrected chi connectivity index (χ0v) is 10.9. The summed E-state index contributed by atoms with van der Waals surface area (Å²) in [6.45, 7) is 5.43. The van der Waals surface area contributed by atoms with Crippen molar-refractivity contribution in [2.45, 2.75) is 20.8 Å². The Labute approximate surface area is 98.6 Å². The third kappa shape index (κ3) is 632. The largest absolute Gasteiger partial charge is 1.00 e. The molecule has 2 N–H and O–H groups in total. The summed E-state index contributed by atoms with van der Waals surface area (Å²) in [7, 11) is 0. The molecular weight excluding hydrogens is 175 g/mol. The van der Waals surface area contributed by atoms with Crippen LogP contribution in [0.1, 0.15) is 20.8 Å². The van der Waals surface area contributed by atoms with Gasteiger partial charge in [-0.25, -0.2) is 0 Å². The molecule has 0 saturated carbocycles. The van der Waals surface area contributed by atoms with E-state index in [-0.39, 0.29) is 62.9 Å². The normalized spacial score (nSPS) is 4.91. The molecule has 0 aromatic carbocycles. The number of aliphatic hydroxyl groups excluding tert-OH is 2. The van der Waals surface area contributed by atoms with Gasteiger partial charge in [-0.05, 0) is 13.8 Å². The van der Waals surface area contributed by atoms with Gasteiger partial charge in [0, 0.05) is 13.2 Å². The molecule has 0 aromatic heterocycles. The van der Waals surface area contributed by atoms with Gasteiger partial charge in [-0.15, -0.1) is 6.61 Å². The van der Waals surface area contributed by atoms with E-state index in [4.69, 9.17) is 15.3 Å². The summed E-state index contributed by atoms with van der Waals surface area (Å²) in [4.78, 5) is 0. The summed E-state index contributed by atoms with van der Waals surface area (Å²) in [5, 5.41) is 24.1. The molecule has 0 saturated heterocycles. The summed E-state index contributed by atoms with van der Waals surface area (Å²) in [6, 6.07) is 0. The van der Waals surface area contributed by atoms with Gasteiger partial charge in [0.1, 0.15) is 0 Å². The van der Waals surface area contributed by atoms with Crippen LogP contribution in [0.4, 0.5) is 0 Å². The van der Waals surface area contributed by atoms with E-state index in [1.165, 1.54) is 0 Å². The first kappa shape index (κ1) is 29.5. The fourth-order valence-electron chi connectivity index (χ4n) is 0. The Morgan fingerprint density at radius 1 is 1.00 bits per heavy atom. The van der Waals surface area contributed by atoms with Crippen LogP contribution in [0.2, 0.25) is 0 Å².